The number of ether oxygens (including phenoxy) is 1. The number of nitrogens with one attached hydrogen (secondary N) is 1. The lowest BCUT2D eigenvalue weighted by Crippen LogP contribution is -2.39. The highest BCUT2D eigenvalue weighted by Crippen LogP contribution is 2.17. The van der Waals surface area contributed by atoms with Crippen LogP contribution >= 0.6 is 15.9 Å². The van der Waals surface area contributed by atoms with Gasteiger partial charge in [0.25, 0.3) is 0 Å². The van der Waals surface area contributed by atoms with Crippen molar-refractivity contribution in [3.05, 3.63) is 28.7 Å². The fourth-order valence-electron chi connectivity index (χ4n) is 2.21. The number of likely N-dealkylation sites (N-methyl/N-ethyl adjacent to an activating group) is 1. The van der Waals surface area contributed by atoms with Crippen LogP contribution in [0.1, 0.15) is 6.42 Å². The van der Waals surface area contributed by atoms with Crippen LogP contribution in [0, 0.1) is 0 Å². The Labute approximate surface area is 122 Å². The van der Waals surface area contributed by atoms with Gasteiger partial charge in [0.15, 0.2) is 0 Å². The molecular formula is C14H21BrN2O2. The molecule has 0 bridgehead atoms. The van der Waals surface area contributed by atoms with E-state index in [-0.39, 0.29) is 0 Å². The lowest BCUT2D eigenvalue weighted by atomic mass is 10.2. The summed E-state index contributed by atoms with van der Waals surface area (Å²) in [5, 5.41) is 13.3. The molecule has 0 radical (unpaired) electrons. The van der Waals surface area contributed by atoms with Gasteiger partial charge in [-0.2, -0.15) is 0 Å². The largest absolute Gasteiger partial charge is 0.491 e. The molecule has 2 atom stereocenters. The first-order valence-electron chi connectivity index (χ1n) is 6.62. The molecule has 0 amide bonds. The van der Waals surface area contributed by atoms with E-state index in [1.165, 1.54) is 0 Å². The maximum atomic E-state index is 9.89. The van der Waals surface area contributed by atoms with E-state index in [0.717, 1.165) is 29.7 Å². The molecule has 2 rings (SSSR count). The molecule has 5 heteroatoms. The number of aliphatic hydroxyl groups is 1. The van der Waals surface area contributed by atoms with Crippen LogP contribution in [0.25, 0.3) is 0 Å². The molecule has 0 spiro atoms. The van der Waals surface area contributed by atoms with E-state index in [4.69, 9.17) is 4.74 Å². The maximum absolute atomic E-state index is 9.89. The van der Waals surface area contributed by atoms with Crippen LogP contribution in [0.5, 0.6) is 5.75 Å². The zero-order valence-corrected chi connectivity index (χ0v) is 12.8. The zero-order valence-electron chi connectivity index (χ0n) is 11.2. The minimum atomic E-state index is -0.482. The van der Waals surface area contributed by atoms with Crippen LogP contribution < -0.4 is 10.1 Å². The average Bonchev–Trinajstić information content (AvgIpc) is 2.80. The van der Waals surface area contributed by atoms with Crippen LogP contribution in [0.2, 0.25) is 0 Å². The molecule has 1 aliphatic heterocycles. The smallest absolute Gasteiger partial charge is 0.120 e. The van der Waals surface area contributed by atoms with Crippen molar-refractivity contribution in [1.82, 2.24) is 10.2 Å². The van der Waals surface area contributed by atoms with Crippen molar-refractivity contribution in [2.24, 2.45) is 0 Å². The highest BCUT2D eigenvalue weighted by atomic mass is 79.9. The van der Waals surface area contributed by atoms with E-state index in [1.54, 1.807) is 0 Å². The lowest BCUT2D eigenvalue weighted by molar-refractivity contribution is 0.104. The van der Waals surface area contributed by atoms with Crippen molar-refractivity contribution in [2.75, 3.05) is 33.3 Å². The van der Waals surface area contributed by atoms with Crippen molar-refractivity contribution in [3.63, 3.8) is 0 Å². The van der Waals surface area contributed by atoms with Crippen LogP contribution in [0.3, 0.4) is 0 Å². The highest BCUT2D eigenvalue weighted by Gasteiger charge is 2.19. The first kappa shape index (κ1) is 14.8. The SMILES string of the molecule is CN1CCC(NCC(O)COc2cccc(Br)c2)C1. The van der Waals surface area contributed by atoms with E-state index in [2.05, 4.69) is 33.2 Å². The number of rotatable bonds is 6. The molecule has 1 heterocycles. The quantitative estimate of drug-likeness (QED) is 0.830. The second kappa shape index (κ2) is 7.24. The maximum Gasteiger partial charge on any atom is 0.120 e. The molecule has 2 N–H and O–H groups in total. The summed E-state index contributed by atoms with van der Waals surface area (Å²) in [5.74, 6) is 0.772. The predicted molar refractivity (Wildman–Crippen MR) is 79.5 cm³/mol. The molecule has 4 nitrogen and oxygen atoms in total. The van der Waals surface area contributed by atoms with Gasteiger partial charge in [0.1, 0.15) is 18.5 Å². The molecule has 0 aromatic heterocycles. The Kier molecular flexibility index (Phi) is 5.63. The van der Waals surface area contributed by atoms with Gasteiger partial charge in [-0.25, -0.2) is 0 Å². The summed E-state index contributed by atoms with van der Waals surface area (Å²) in [6.45, 7) is 3.07. The summed E-state index contributed by atoms with van der Waals surface area (Å²) in [6, 6.07) is 8.13. The minimum absolute atomic E-state index is 0.312. The van der Waals surface area contributed by atoms with Crippen LogP contribution in [-0.2, 0) is 0 Å². The number of hydrogen-bond donors (Lipinski definition) is 2. The van der Waals surface area contributed by atoms with E-state index in [0.29, 0.717) is 19.2 Å². The molecule has 1 saturated heterocycles. The van der Waals surface area contributed by atoms with Gasteiger partial charge in [-0.1, -0.05) is 22.0 Å². The number of benzene rings is 1. The van der Waals surface area contributed by atoms with Crippen LogP contribution in [0.15, 0.2) is 28.7 Å². The molecule has 1 aromatic rings. The summed E-state index contributed by atoms with van der Waals surface area (Å²) in [4.78, 5) is 2.29. The number of nitrogens with zero attached hydrogens (tertiary/aromatic N) is 1. The molecule has 2 unspecified atom stereocenters. The van der Waals surface area contributed by atoms with Gasteiger partial charge in [-0.3, -0.25) is 0 Å². The Bertz CT molecular complexity index is 403. The van der Waals surface area contributed by atoms with Crippen LogP contribution in [-0.4, -0.2) is 55.4 Å². The van der Waals surface area contributed by atoms with Gasteiger partial charge in [-0.15, -0.1) is 0 Å². The molecule has 0 aliphatic carbocycles. The molecule has 1 aromatic carbocycles. The van der Waals surface area contributed by atoms with Crippen molar-refractivity contribution in [3.8, 4) is 5.75 Å². The standard InChI is InChI=1S/C14H21BrN2O2/c1-17-6-5-12(9-17)16-8-13(18)10-19-14-4-2-3-11(15)7-14/h2-4,7,12-13,16,18H,5-6,8-10H2,1H3. The fraction of sp³-hybridized carbons (Fsp3) is 0.571. The van der Waals surface area contributed by atoms with Crippen molar-refractivity contribution in [1.29, 1.82) is 0 Å². The van der Waals surface area contributed by atoms with Crippen molar-refractivity contribution >= 4 is 15.9 Å². The third-order valence-electron chi connectivity index (χ3n) is 3.27. The summed E-state index contributed by atoms with van der Waals surface area (Å²) in [5.41, 5.74) is 0. The summed E-state index contributed by atoms with van der Waals surface area (Å²) in [6.07, 6.45) is 0.667. The van der Waals surface area contributed by atoms with Crippen LogP contribution in [0.4, 0.5) is 0 Å². The van der Waals surface area contributed by atoms with E-state index in [1.807, 2.05) is 24.3 Å². The summed E-state index contributed by atoms with van der Waals surface area (Å²) >= 11 is 3.39. The normalized spacial score (nSPS) is 21.5. The third-order valence-corrected chi connectivity index (χ3v) is 3.77. The second-order valence-electron chi connectivity index (χ2n) is 5.08. The monoisotopic (exact) mass is 328 g/mol. The zero-order chi connectivity index (χ0) is 13.7. The third kappa shape index (κ3) is 5.10. The average molecular weight is 329 g/mol. The Morgan fingerprint density at radius 2 is 2.42 bits per heavy atom. The first-order chi connectivity index (χ1) is 9.13. The Morgan fingerprint density at radius 1 is 1.58 bits per heavy atom. The fourth-order valence-corrected chi connectivity index (χ4v) is 2.59. The number of hydrogen-bond acceptors (Lipinski definition) is 4. The first-order valence-corrected chi connectivity index (χ1v) is 7.41. The molecule has 19 heavy (non-hydrogen) atoms. The molecule has 1 fully saturated rings. The van der Waals surface area contributed by atoms with Gasteiger partial charge in [0, 0.05) is 23.6 Å². The number of aliphatic hydroxyl groups excluding tert-OH is 1. The van der Waals surface area contributed by atoms with Crippen molar-refractivity contribution < 1.29 is 9.84 Å². The molecular weight excluding hydrogens is 308 g/mol. The Balaban J connectivity index is 1.65. The van der Waals surface area contributed by atoms with E-state index < -0.39 is 6.10 Å². The summed E-state index contributed by atoms with van der Waals surface area (Å²) < 4.78 is 6.53. The van der Waals surface area contributed by atoms with Gasteiger partial charge >= 0.3 is 0 Å². The van der Waals surface area contributed by atoms with Gasteiger partial charge < -0.3 is 20.1 Å². The molecule has 0 saturated carbocycles. The van der Waals surface area contributed by atoms with Crippen molar-refractivity contribution in [2.45, 2.75) is 18.6 Å². The van der Waals surface area contributed by atoms with Gasteiger partial charge in [0.05, 0.1) is 0 Å². The Hall–Kier alpha value is -0.620. The topological polar surface area (TPSA) is 44.7 Å². The predicted octanol–water partition coefficient (Wildman–Crippen LogP) is 1.48. The highest BCUT2D eigenvalue weighted by molar-refractivity contribution is 9.10. The Morgan fingerprint density at radius 3 is 3.11 bits per heavy atom. The van der Waals surface area contributed by atoms with E-state index >= 15 is 0 Å². The minimum Gasteiger partial charge on any atom is -0.491 e. The summed E-state index contributed by atoms with van der Waals surface area (Å²) in [7, 11) is 2.12. The number of halogens is 1. The number of likely N-dealkylation sites (tertiary alicyclic amines) is 1. The van der Waals surface area contributed by atoms with E-state index in [9.17, 15) is 5.11 Å². The van der Waals surface area contributed by atoms with Gasteiger partial charge in [0.2, 0.25) is 0 Å². The molecule has 1 aliphatic rings. The van der Waals surface area contributed by atoms with Gasteiger partial charge in [-0.05, 0) is 38.2 Å². The second-order valence-corrected chi connectivity index (χ2v) is 5.99. The molecule has 106 valence electrons. The lowest BCUT2D eigenvalue weighted by Gasteiger charge is -2.17.